The summed E-state index contributed by atoms with van der Waals surface area (Å²) >= 11 is 0. The zero-order valence-electron chi connectivity index (χ0n) is 5.49. The molecule has 0 aromatic carbocycles. The van der Waals surface area contributed by atoms with Gasteiger partial charge in [-0.3, -0.25) is 10.6 Å². The zero-order chi connectivity index (χ0) is 6.57. The van der Waals surface area contributed by atoms with Crippen molar-refractivity contribution in [1.29, 1.82) is 0 Å². The van der Waals surface area contributed by atoms with E-state index in [1.165, 1.54) is 7.05 Å². The van der Waals surface area contributed by atoms with Crippen LogP contribution >= 0.6 is 0 Å². The Morgan fingerprint density at radius 1 is 1.38 bits per heavy atom. The van der Waals surface area contributed by atoms with E-state index in [9.17, 15) is 5.21 Å². The van der Waals surface area contributed by atoms with Gasteiger partial charge in [-0.05, 0) is 14.1 Å². The van der Waals surface area contributed by atoms with E-state index in [1.807, 2.05) is 0 Å². The number of nitrogens with one attached hydrogen (secondary N) is 3. The van der Waals surface area contributed by atoms with E-state index in [0.29, 0.717) is 0 Å². The molecule has 0 bridgehead atoms. The maximum atomic E-state index is 10.5. The fourth-order valence-corrected chi connectivity index (χ4v) is 0.551. The monoisotopic (exact) mass is 119 g/mol. The van der Waals surface area contributed by atoms with Gasteiger partial charge < -0.3 is 10.3 Å². The Labute approximate surface area is 49.4 Å². The van der Waals surface area contributed by atoms with Crippen LogP contribution < -0.4 is 15.7 Å². The van der Waals surface area contributed by atoms with Gasteiger partial charge in [0, 0.05) is 0 Å². The van der Waals surface area contributed by atoms with Gasteiger partial charge in [-0.1, -0.05) is 0 Å². The van der Waals surface area contributed by atoms with Gasteiger partial charge in [0.2, 0.25) is 0 Å². The Morgan fingerprint density at radius 3 is 1.75 bits per heavy atom. The predicted octanol–water partition coefficient (Wildman–Crippen LogP) is -2.28. The highest BCUT2D eigenvalue weighted by molar-refractivity contribution is 4.37. The molecule has 0 aliphatic heterocycles. The van der Waals surface area contributed by atoms with E-state index in [0.717, 1.165) is 0 Å². The Morgan fingerprint density at radius 2 is 1.75 bits per heavy atom. The molecule has 0 rings (SSSR count). The summed E-state index contributed by atoms with van der Waals surface area (Å²) in [5, 5.41) is 16.2. The number of hydrogen-bond donors (Lipinski definition) is 3. The van der Waals surface area contributed by atoms with Crippen LogP contribution in [0.5, 0.6) is 0 Å². The van der Waals surface area contributed by atoms with Crippen molar-refractivity contribution in [3.63, 3.8) is 0 Å². The molecule has 1 unspecified atom stereocenters. The highest BCUT2D eigenvalue weighted by Crippen LogP contribution is 1.50. The first-order chi connectivity index (χ1) is 3.72. The minimum Gasteiger partial charge on any atom is -0.632 e. The molecule has 0 radical (unpaired) electrons. The van der Waals surface area contributed by atoms with E-state index in [-0.39, 0.29) is 11.4 Å². The Balaban J connectivity index is 3.35. The van der Waals surface area contributed by atoms with Gasteiger partial charge in [-0.25, -0.2) is 0 Å². The molecule has 8 heavy (non-hydrogen) atoms. The number of quaternary nitrogens is 1. The average Bonchev–Trinajstić information content (AvgIpc) is 1.69. The first-order valence-electron chi connectivity index (χ1n) is 2.57. The van der Waals surface area contributed by atoms with Crippen LogP contribution in [0.2, 0.25) is 0 Å². The fraction of sp³-hybridized carbons (Fsp3) is 1.00. The molecule has 0 aromatic rings. The first-order valence-corrected chi connectivity index (χ1v) is 2.57. The normalized spacial score (nSPS) is 14.6. The summed E-state index contributed by atoms with van der Waals surface area (Å²) in [6.45, 7) is 0. The predicted molar refractivity (Wildman–Crippen MR) is 32.2 cm³/mol. The summed E-state index contributed by atoms with van der Waals surface area (Å²) in [5.41, 5.74) is 0. The van der Waals surface area contributed by atoms with Crippen molar-refractivity contribution in [3.8, 4) is 0 Å². The van der Waals surface area contributed by atoms with Crippen molar-refractivity contribution in [2.75, 3.05) is 21.1 Å². The minimum atomic E-state index is -0.185. The number of hydroxylamine groups is 2. The molecule has 0 heterocycles. The molecule has 3 N–H and O–H groups in total. The van der Waals surface area contributed by atoms with Crippen LogP contribution in [0.25, 0.3) is 0 Å². The highest BCUT2D eigenvalue weighted by atomic mass is 16.5. The van der Waals surface area contributed by atoms with Gasteiger partial charge in [0.15, 0.2) is 6.29 Å². The second-order valence-corrected chi connectivity index (χ2v) is 1.62. The quantitative estimate of drug-likeness (QED) is 0.290. The standard InChI is InChI=1S/C4H13N3O/c1-5-4(6-2)7(3)8/h4-7H,1-3H3. The molecule has 0 aliphatic rings. The molecular formula is C4H13N3O. The van der Waals surface area contributed by atoms with Crippen molar-refractivity contribution in [3.05, 3.63) is 5.21 Å². The summed E-state index contributed by atoms with van der Waals surface area (Å²) in [6.07, 6.45) is -0.185. The molecule has 4 nitrogen and oxygen atoms in total. The lowest BCUT2D eigenvalue weighted by molar-refractivity contribution is -0.861. The van der Waals surface area contributed by atoms with E-state index in [1.54, 1.807) is 14.1 Å². The molecule has 50 valence electrons. The first kappa shape index (κ1) is 7.84. The molecule has 4 heteroatoms. The smallest absolute Gasteiger partial charge is 0.197 e. The van der Waals surface area contributed by atoms with Crippen molar-refractivity contribution in [2.24, 2.45) is 0 Å². The van der Waals surface area contributed by atoms with Crippen molar-refractivity contribution < 1.29 is 5.06 Å². The molecule has 0 spiro atoms. The summed E-state index contributed by atoms with van der Waals surface area (Å²) < 4.78 is 0. The number of hydrogen-bond acceptors (Lipinski definition) is 3. The van der Waals surface area contributed by atoms with Crippen LogP contribution in [-0.2, 0) is 0 Å². The molecular weight excluding hydrogens is 106 g/mol. The van der Waals surface area contributed by atoms with Crippen molar-refractivity contribution in [2.45, 2.75) is 6.29 Å². The maximum absolute atomic E-state index is 10.5. The van der Waals surface area contributed by atoms with Gasteiger partial charge in [0.05, 0.1) is 7.05 Å². The van der Waals surface area contributed by atoms with Crippen LogP contribution in [0.1, 0.15) is 0 Å². The number of rotatable bonds is 3. The van der Waals surface area contributed by atoms with Gasteiger partial charge in [0.1, 0.15) is 0 Å². The zero-order valence-corrected chi connectivity index (χ0v) is 5.49. The summed E-state index contributed by atoms with van der Waals surface area (Å²) in [5.74, 6) is 0. The SMILES string of the molecule is CNC(NC)[NH+](C)[O-]. The fourth-order valence-electron chi connectivity index (χ4n) is 0.551. The van der Waals surface area contributed by atoms with Crippen LogP contribution in [0.15, 0.2) is 0 Å². The van der Waals surface area contributed by atoms with E-state index >= 15 is 0 Å². The molecule has 0 amide bonds. The molecule has 0 saturated carbocycles. The van der Waals surface area contributed by atoms with Crippen LogP contribution in [0, 0.1) is 5.21 Å². The van der Waals surface area contributed by atoms with Crippen molar-refractivity contribution in [1.82, 2.24) is 10.6 Å². The van der Waals surface area contributed by atoms with E-state index < -0.39 is 0 Å². The Kier molecular flexibility index (Phi) is 3.72. The van der Waals surface area contributed by atoms with Crippen LogP contribution in [0.3, 0.4) is 0 Å². The molecule has 0 fully saturated rings. The highest BCUT2D eigenvalue weighted by Gasteiger charge is 2.01. The Hall–Kier alpha value is -0.160. The summed E-state index contributed by atoms with van der Waals surface area (Å²) in [4.78, 5) is 0. The summed E-state index contributed by atoms with van der Waals surface area (Å²) in [6, 6.07) is 0. The van der Waals surface area contributed by atoms with Crippen molar-refractivity contribution >= 4 is 0 Å². The lowest BCUT2D eigenvalue weighted by atomic mass is 10.8. The second-order valence-electron chi connectivity index (χ2n) is 1.62. The third-order valence-electron chi connectivity index (χ3n) is 0.984. The van der Waals surface area contributed by atoms with Gasteiger partial charge in [-0.15, -0.1) is 0 Å². The van der Waals surface area contributed by atoms with Crippen LogP contribution in [0.4, 0.5) is 0 Å². The largest absolute Gasteiger partial charge is 0.632 e. The topological polar surface area (TPSA) is 51.6 Å². The van der Waals surface area contributed by atoms with Gasteiger partial charge >= 0.3 is 0 Å². The van der Waals surface area contributed by atoms with Gasteiger partial charge in [-0.2, -0.15) is 0 Å². The molecule has 0 aromatic heterocycles. The maximum Gasteiger partial charge on any atom is 0.197 e. The third-order valence-corrected chi connectivity index (χ3v) is 0.984. The van der Waals surface area contributed by atoms with Crippen LogP contribution in [-0.4, -0.2) is 27.4 Å². The minimum absolute atomic E-state index is 0.106. The van der Waals surface area contributed by atoms with E-state index in [4.69, 9.17) is 0 Å². The average molecular weight is 119 g/mol. The second kappa shape index (κ2) is 3.80. The molecule has 0 aliphatic carbocycles. The Bertz CT molecular complexity index is 53.2. The lowest BCUT2D eigenvalue weighted by Crippen LogP contribution is -3.12. The van der Waals surface area contributed by atoms with E-state index in [2.05, 4.69) is 10.6 Å². The molecule has 0 saturated heterocycles. The molecule has 1 atom stereocenters. The third kappa shape index (κ3) is 2.23. The lowest BCUT2D eigenvalue weighted by Gasteiger charge is -2.25. The van der Waals surface area contributed by atoms with Gasteiger partial charge in [0.25, 0.3) is 0 Å². The summed E-state index contributed by atoms with van der Waals surface area (Å²) in [7, 11) is 5.02.